The maximum atomic E-state index is 14.5. The number of urea groups is 1. The van der Waals surface area contributed by atoms with Crippen molar-refractivity contribution in [1.82, 2.24) is 4.90 Å². The van der Waals surface area contributed by atoms with E-state index in [1.165, 1.54) is 56.3 Å². The molecule has 6 atom stereocenters. The zero-order valence-corrected chi connectivity index (χ0v) is 27.1. The van der Waals surface area contributed by atoms with Crippen LogP contribution in [0.25, 0.3) is 0 Å². The summed E-state index contributed by atoms with van der Waals surface area (Å²) in [5.41, 5.74) is -0.319. The number of nitro benzene ring substituents is 1. The molecule has 6 N–H and O–H groups in total. The number of aliphatic hydroxyl groups is 1. The molecule has 2 fully saturated rings. The minimum Gasteiger partial charge on any atom is -0.505 e. The molecule has 0 radical (unpaired) electrons. The number of non-ortho nitro benzene ring substituents is 1. The maximum Gasteiger partial charge on any atom is 0.323 e. The summed E-state index contributed by atoms with van der Waals surface area (Å²) in [6, 6.07) is 4.26. The van der Waals surface area contributed by atoms with Crippen molar-refractivity contribution in [1.29, 1.82) is 0 Å². The van der Waals surface area contributed by atoms with E-state index >= 15 is 0 Å². The molecule has 0 aliphatic heterocycles. The summed E-state index contributed by atoms with van der Waals surface area (Å²) in [5.74, 6) is -10.1. The summed E-state index contributed by atoms with van der Waals surface area (Å²) in [6.45, 7) is 3.06. The number of phenolic OH excluding ortho intramolecular Hbond substituents is 1. The number of rotatable bonds is 6. The summed E-state index contributed by atoms with van der Waals surface area (Å²) in [4.78, 5) is 94.9. The van der Waals surface area contributed by atoms with Crippen LogP contribution < -0.4 is 21.3 Å². The minimum atomic E-state index is -2.95. The molecule has 5 rings (SSSR count). The van der Waals surface area contributed by atoms with Crippen molar-refractivity contribution in [2.24, 2.45) is 28.4 Å². The smallest absolute Gasteiger partial charge is 0.323 e. The van der Waals surface area contributed by atoms with Crippen molar-refractivity contribution < 1.29 is 43.9 Å². The Bertz CT molecular complexity index is 1820. The topological polar surface area (TPSA) is 243 Å². The highest BCUT2D eigenvalue weighted by Crippen LogP contribution is 2.62. The molecule has 0 aromatic heterocycles. The number of phenols is 1. The number of hydrogen-bond donors (Lipinski definition) is 5. The van der Waals surface area contributed by atoms with Gasteiger partial charge in [-0.2, -0.15) is 0 Å². The first-order valence-electron chi connectivity index (χ1n) is 14.9. The summed E-state index contributed by atoms with van der Waals surface area (Å²) < 4.78 is 0. The van der Waals surface area contributed by atoms with Gasteiger partial charge in [-0.1, -0.05) is 13.8 Å². The Hall–Kier alpha value is -5.22. The Morgan fingerprint density at radius 1 is 1.02 bits per heavy atom. The van der Waals surface area contributed by atoms with Crippen molar-refractivity contribution in [3.05, 3.63) is 51.6 Å². The van der Waals surface area contributed by atoms with E-state index < -0.39 is 80.1 Å². The van der Waals surface area contributed by atoms with Gasteiger partial charge in [0.1, 0.15) is 5.75 Å². The summed E-state index contributed by atoms with van der Waals surface area (Å²) in [5, 5.41) is 39.5. The number of nitrogens with two attached hydrogens (primary N) is 1. The molecule has 0 bridgehead atoms. The lowest BCUT2D eigenvalue weighted by Gasteiger charge is -2.61. The zero-order valence-electron chi connectivity index (χ0n) is 27.1. The monoisotopic (exact) mass is 664 g/mol. The highest BCUT2D eigenvalue weighted by molar-refractivity contribution is 6.33. The highest BCUT2D eigenvalue weighted by Gasteiger charge is 2.76. The van der Waals surface area contributed by atoms with Crippen molar-refractivity contribution in [2.75, 3.05) is 43.7 Å². The number of fused-ring (bicyclic) bond motifs is 3. The maximum absolute atomic E-state index is 14.5. The van der Waals surface area contributed by atoms with Gasteiger partial charge in [-0.3, -0.25) is 39.0 Å². The average molecular weight is 665 g/mol. The van der Waals surface area contributed by atoms with Crippen LogP contribution in [0.1, 0.15) is 36.2 Å². The molecule has 16 nitrogen and oxygen atoms in total. The number of amides is 3. The molecular formula is C32H36N6O10. The van der Waals surface area contributed by atoms with Gasteiger partial charge >= 0.3 is 6.03 Å². The average Bonchev–Trinajstić information content (AvgIpc) is 2.96. The molecule has 3 amide bonds. The molecular weight excluding hydrogens is 628 g/mol. The molecule has 2 aromatic rings. The SMILES string of the molecule is CN(C)c1cc(NC(=O)Nc2ccc([N+](=O)[O-])cc2)c(O)c2c1C[C@@]1(C)C[C@@]3(C)[C@H](N(C)C)C(=O)C(C(N)=O)C(=O)[C@@]3(O)C(=O)C1C2=O. The van der Waals surface area contributed by atoms with Gasteiger partial charge in [-0.15, -0.1) is 0 Å². The Labute approximate surface area is 274 Å². The number of Topliss-reactive ketones (excluding diaryl/α,β-unsaturated/α-hetero) is 4. The van der Waals surface area contributed by atoms with Crippen molar-refractivity contribution >= 4 is 57.8 Å². The van der Waals surface area contributed by atoms with Gasteiger partial charge in [-0.05, 0) is 56.1 Å². The van der Waals surface area contributed by atoms with Crippen LogP contribution in [0.15, 0.2) is 30.3 Å². The van der Waals surface area contributed by atoms with E-state index in [9.17, 15) is 49.1 Å². The second kappa shape index (κ2) is 11.2. The van der Waals surface area contributed by atoms with E-state index in [1.807, 2.05) is 0 Å². The molecule has 0 spiro atoms. The first-order valence-corrected chi connectivity index (χ1v) is 14.9. The second-order valence-corrected chi connectivity index (χ2v) is 13.7. The van der Waals surface area contributed by atoms with Crippen LogP contribution in [0.5, 0.6) is 5.75 Å². The van der Waals surface area contributed by atoms with Gasteiger partial charge in [0.15, 0.2) is 34.7 Å². The van der Waals surface area contributed by atoms with E-state index in [0.717, 1.165) is 0 Å². The van der Waals surface area contributed by atoms with Gasteiger partial charge in [0.25, 0.3) is 5.69 Å². The number of likely N-dealkylation sites (N-methyl/N-ethyl adjacent to an activating group) is 1. The van der Waals surface area contributed by atoms with Gasteiger partial charge in [-0.25, -0.2) is 4.79 Å². The van der Waals surface area contributed by atoms with Gasteiger partial charge in [0.2, 0.25) is 5.91 Å². The van der Waals surface area contributed by atoms with Crippen molar-refractivity contribution in [3.8, 4) is 5.75 Å². The van der Waals surface area contributed by atoms with Crippen LogP contribution >= 0.6 is 0 Å². The lowest BCUT2D eigenvalue weighted by atomic mass is 9.42. The minimum absolute atomic E-state index is 0.00568. The molecule has 16 heteroatoms. The molecule has 3 aliphatic carbocycles. The number of primary amides is 1. The predicted molar refractivity (Wildman–Crippen MR) is 171 cm³/mol. The molecule has 48 heavy (non-hydrogen) atoms. The largest absolute Gasteiger partial charge is 0.505 e. The van der Waals surface area contributed by atoms with Crippen LogP contribution in [0.3, 0.4) is 0 Å². The molecule has 254 valence electrons. The van der Waals surface area contributed by atoms with Crippen LogP contribution in [0.4, 0.5) is 27.5 Å². The number of aromatic hydroxyl groups is 1. The van der Waals surface area contributed by atoms with E-state index in [4.69, 9.17) is 5.73 Å². The Balaban J connectivity index is 1.60. The number of carbonyl (C=O) groups excluding carboxylic acids is 6. The third-order valence-corrected chi connectivity index (χ3v) is 10.0. The van der Waals surface area contributed by atoms with E-state index in [0.29, 0.717) is 11.3 Å². The number of anilines is 3. The fraction of sp³-hybridized carbons (Fsp3) is 0.438. The number of hydrogen-bond acceptors (Lipinski definition) is 12. The molecule has 3 aliphatic rings. The Morgan fingerprint density at radius 3 is 2.15 bits per heavy atom. The summed E-state index contributed by atoms with van der Waals surface area (Å²) in [7, 11) is 6.36. The van der Waals surface area contributed by atoms with Crippen LogP contribution in [-0.4, -0.2) is 94.9 Å². The highest BCUT2D eigenvalue weighted by atomic mass is 16.6. The normalized spacial score (nSPS) is 29.5. The number of nitrogens with zero attached hydrogens (tertiary/aromatic N) is 3. The van der Waals surface area contributed by atoms with E-state index in [2.05, 4.69) is 10.6 Å². The lowest BCUT2D eigenvalue weighted by molar-refractivity contribution is -0.384. The number of carbonyl (C=O) groups is 6. The Morgan fingerprint density at radius 2 is 1.62 bits per heavy atom. The first kappa shape index (κ1) is 34.1. The van der Waals surface area contributed by atoms with Gasteiger partial charge < -0.3 is 31.5 Å². The van der Waals surface area contributed by atoms with Gasteiger partial charge in [0.05, 0.1) is 28.1 Å². The molecule has 2 saturated carbocycles. The van der Waals surface area contributed by atoms with Crippen LogP contribution in [0, 0.1) is 32.8 Å². The van der Waals surface area contributed by atoms with Gasteiger partial charge in [0, 0.05) is 43.0 Å². The van der Waals surface area contributed by atoms with Crippen molar-refractivity contribution in [3.63, 3.8) is 0 Å². The zero-order chi connectivity index (χ0) is 35.8. The summed E-state index contributed by atoms with van der Waals surface area (Å²) >= 11 is 0. The number of benzene rings is 2. The fourth-order valence-electron chi connectivity index (χ4n) is 8.21. The second-order valence-electron chi connectivity index (χ2n) is 13.7. The van der Waals surface area contributed by atoms with Crippen molar-refractivity contribution in [2.45, 2.75) is 38.3 Å². The third kappa shape index (κ3) is 4.73. The molecule has 2 aromatic carbocycles. The lowest BCUT2D eigenvalue weighted by Crippen LogP contribution is -2.79. The predicted octanol–water partition coefficient (Wildman–Crippen LogP) is 1.27. The Kier molecular flexibility index (Phi) is 7.96. The number of nitro groups is 1. The standard InChI is InChI=1S/C32H36N6O10/c1-30-12-16-18(36(3)4)11-17(35-29(45)34-14-7-9-15(10-8-14)38(47)48)22(39)19(16)23(40)21(30)27(43)32(46)26(42)20(28(33)44)24(41)25(37(5)6)31(32,2)13-30/h7-11,20-21,25,39,46H,12-13H2,1-6H3,(H2,33,44)(H2,34,35,45)/t20?,21?,25-,30+,31+,32-/m1/s1. The number of nitrogens with one attached hydrogen (secondary N) is 2. The van der Waals surface area contributed by atoms with E-state index in [-0.39, 0.29) is 35.5 Å². The summed E-state index contributed by atoms with van der Waals surface area (Å²) in [6.07, 6.45) is -0.177. The third-order valence-electron chi connectivity index (χ3n) is 10.0. The van der Waals surface area contributed by atoms with Crippen LogP contribution in [0.2, 0.25) is 0 Å². The first-order chi connectivity index (χ1) is 22.2. The number of ketones is 4. The molecule has 2 unspecified atom stereocenters. The fourth-order valence-corrected chi connectivity index (χ4v) is 8.21. The quantitative estimate of drug-likeness (QED) is 0.127. The molecule has 0 saturated heterocycles. The van der Waals surface area contributed by atoms with E-state index in [1.54, 1.807) is 25.9 Å². The molecule has 0 heterocycles. The van der Waals surface area contributed by atoms with Crippen LogP contribution in [-0.2, 0) is 25.6 Å².